The lowest BCUT2D eigenvalue weighted by atomic mass is 10.1. The molecule has 1 unspecified atom stereocenters. The van der Waals surface area contributed by atoms with Crippen LogP contribution in [0.4, 0.5) is 5.69 Å². The molecule has 21 heavy (non-hydrogen) atoms. The van der Waals surface area contributed by atoms with E-state index in [2.05, 4.69) is 12.2 Å². The zero-order valence-electron chi connectivity index (χ0n) is 12.6. The molecule has 2 rings (SSSR count). The van der Waals surface area contributed by atoms with E-state index >= 15 is 0 Å². The van der Waals surface area contributed by atoms with Crippen LogP contribution in [-0.4, -0.2) is 39.6 Å². The minimum atomic E-state index is -2.88. The lowest BCUT2D eigenvalue weighted by Gasteiger charge is -2.26. The second-order valence-electron chi connectivity index (χ2n) is 5.63. The van der Waals surface area contributed by atoms with Crippen LogP contribution in [0.3, 0.4) is 0 Å². The summed E-state index contributed by atoms with van der Waals surface area (Å²) in [5, 5.41) is 4.02. The number of rotatable bonds is 6. The van der Waals surface area contributed by atoms with E-state index in [-0.39, 0.29) is 17.5 Å². The van der Waals surface area contributed by atoms with Crippen LogP contribution in [0, 0.1) is 0 Å². The van der Waals surface area contributed by atoms with E-state index in [1.807, 2.05) is 30.1 Å². The molecular weight excluding hydrogens is 308 g/mol. The number of hydrogen-bond acceptors (Lipinski definition) is 4. The SMILES string of the molecule is CCCNCc1ccc(N(C)C2CCS(=O)(=O)C2)c(Cl)c1. The standard InChI is InChI=1S/C15H23ClN2O2S/c1-3-7-17-10-12-4-5-15(14(16)9-12)18(2)13-6-8-21(19,20)11-13/h4-5,9,13,17H,3,6-8,10-11H2,1-2H3. The van der Waals surface area contributed by atoms with Gasteiger partial charge >= 0.3 is 0 Å². The molecule has 0 radical (unpaired) electrons. The Bertz CT molecular complexity index is 589. The van der Waals surface area contributed by atoms with Gasteiger partial charge in [0.2, 0.25) is 0 Å². The van der Waals surface area contributed by atoms with Gasteiger partial charge in [-0.3, -0.25) is 0 Å². The van der Waals surface area contributed by atoms with Gasteiger partial charge < -0.3 is 10.2 Å². The fraction of sp³-hybridized carbons (Fsp3) is 0.600. The highest BCUT2D eigenvalue weighted by Gasteiger charge is 2.31. The first-order chi connectivity index (χ1) is 9.93. The molecule has 0 aromatic heterocycles. The van der Waals surface area contributed by atoms with Gasteiger partial charge in [0, 0.05) is 19.6 Å². The number of benzene rings is 1. The summed E-state index contributed by atoms with van der Waals surface area (Å²) in [6.45, 7) is 3.92. The molecular formula is C15H23ClN2O2S. The van der Waals surface area contributed by atoms with Crippen molar-refractivity contribution in [3.63, 3.8) is 0 Å². The van der Waals surface area contributed by atoms with Gasteiger partial charge in [0.25, 0.3) is 0 Å². The largest absolute Gasteiger partial charge is 0.369 e. The Labute approximate surface area is 132 Å². The van der Waals surface area contributed by atoms with Gasteiger partial charge in [-0.15, -0.1) is 0 Å². The van der Waals surface area contributed by atoms with Gasteiger partial charge in [-0.05, 0) is 37.1 Å². The molecule has 1 aromatic rings. The number of halogens is 1. The zero-order chi connectivity index (χ0) is 15.5. The minimum Gasteiger partial charge on any atom is -0.369 e. The lowest BCUT2D eigenvalue weighted by molar-refractivity contribution is 0.601. The highest BCUT2D eigenvalue weighted by Crippen LogP contribution is 2.30. The third kappa shape index (κ3) is 4.34. The van der Waals surface area contributed by atoms with E-state index in [1.54, 1.807) is 0 Å². The highest BCUT2D eigenvalue weighted by molar-refractivity contribution is 7.91. The Balaban J connectivity index is 2.06. The second kappa shape index (κ2) is 6.99. The fourth-order valence-electron chi connectivity index (χ4n) is 2.63. The van der Waals surface area contributed by atoms with E-state index in [0.29, 0.717) is 11.4 Å². The summed E-state index contributed by atoms with van der Waals surface area (Å²) in [7, 11) is -0.961. The van der Waals surface area contributed by atoms with Crippen LogP contribution in [0.25, 0.3) is 0 Å². The van der Waals surface area contributed by atoms with Gasteiger partial charge in [0.1, 0.15) is 0 Å². The van der Waals surface area contributed by atoms with Crippen molar-refractivity contribution in [1.29, 1.82) is 0 Å². The van der Waals surface area contributed by atoms with Crippen molar-refractivity contribution >= 4 is 27.1 Å². The van der Waals surface area contributed by atoms with Gasteiger partial charge in [0.05, 0.1) is 22.2 Å². The van der Waals surface area contributed by atoms with Crippen molar-refractivity contribution in [2.45, 2.75) is 32.4 Å². The van der Waals surface area contributed by atoms with Gasteiger partial charge in [0.15, 0.2) is 9.84 Å². The maximum absolute atomic E-state index is 11.6. The molecule has 0 spiro atoms. The average molecular weight is 331 g/mol. The summed E-state index contributed by atoms with van der Waals surface area (Å²) >= 11 is 6.37. The molecule has 1 saturated heterocycles. The number of anilines is 1. The Hall–Kier alpha value is -0.780. The number of sulfone groups is 1. The molecule has 1 fully saturated rings. The Kier molecular flexibility index (Phi) is 5.52. The first-order valence-electron chi connectivity index (χ1n) is 7.35. The third-order valence-electron chi connectivity index (χ3n) is 3.90. The van der Waals surface area contributed by atoms with Crippen LogP contribution in [0.2, 0.25) is 5.02 Å². The van der Waals surface area contributed by atoms with Crippen molar-refractivity contribution < 1.29 is 8.42 Å². The van der Waals surface area contributed by atoms with Crippen LogP contribution in [0.5, 0.6) is 0 Å². The van der Waals surface area contributed by atoms with Crippen LogP contribution in [0.1, 0.15) is 25.3 Å². The topological polar surface area (TPSA) is 49.4 Å². The first kappa shape index (κ1) is 16.6. The minimum absolute atomic E-state index is 0.0246. The molecule has 1 aromatic carbocycles. The molecule has 1 aliphatic heterocycles. The number of nitrogens with zero attached hydrogens (tertiary/aromatic N) is 1. The summed E-state index contributed by atoms with van der Waals surface area (Å²) in [6.07, 6.45) is 1.78. The van der Waals surface area contributed by atoms with E-state index in [1.165, 1.54) is 0 Å². The Morgan fingerprint density at radius 2 is 2.19 bits per heavy atom. The maximum Gasteiger partial charge on any atom is 0.152 e. The van der Waals surface area contributed by atoms with Crippen molar-refractivity contribution in [3.8, 4) is 0 Å². The molecule has 4 nitrogen and oxygen atoms in total. The zero-order valence-corrected chi connectivity index (χ0v) is 14.2. The average Bonchev–Trinajstić information content (AvgIpc) is 2.79. The van der Waals surface area contributed by atoms with E-state index < -0.39 is 9.84 Å². The normalized spacial score (nSPS) is 20.6. The molecule has 1 heterocycles. The van der Waals surface area contributed by atoms with Crippen LogP contribution >= 0.6 is 11.6 Å². The van der Waals surface area contributed by atoms with Gasteiger partial charge in [-0.25, -0.2) is 8.42 Å². The van der Waals surface area contributed by atoms with E-state index in [0.717, 1.165) is 30.8 Å². The number of nitrogens with one attached hydrogen (secondary N) is 1. The molecule has 0 aliphatic carbocycles. The maximum atomic E-state index is 11.6. The van der Waals surface area contributed by atoms with Gasteiger partial charge in [-0.2, -0.15) is 0 Å². The summed E-state index contributed by atoms with van der Waals surface area (Å²) in [5.41, 5.74) is 2.04. The fourth-order valence-corrected chi connectivity index (χ4v) is 4.74. The van der Waals surface area contributed by atoms with Crippen molar-refractivity contribution in [3.05, 3.63) is 28.8 Å². The number of hydrogen-bond donors (Lipinski definition) is 1. The van der Waals surface area contributed by atoms with Crippen molar-refractivity contribution in [1.82, 2.24) is 5.32 Å². The Morgan fingerprint density at radius 1 is 1.43 bits per heavy atom. The summed E-state index contributed by atoms with van der Waals surface area (Å²) in [4.78, 5) is 2.00. The van der Waals surface area contributed by atoms with E-state index in [4.69, 9.17) is 11.6 Å². The molecule has 1 N–H and O–H groups in total. The molecule has 1 atom stereocenters. The molecule has 118 valence electrons. The molecule has 6 heteroatoms. The monoisotopic (exact) mass is 330 g/mol. The Morgan fingerprint density at radius 3 is 2.76 bits per heavy atom. The lowest BCUT2D eigenvalue weighted by Crippen LogP contribution is -2.32. The smallest absolute Gasteiger partial charge is 0.152 e. The highest BCUT2D eigenvalue weighted by atomic mass is 35.5. The molecule has 0 saturated carbocycles. The van der Waals surface area contributed by atoms with Crippen LogP contribution in [0.15, 0.2) is 18.2 Å². The van der Waals surface area contributed by atoms with E-state index in [9.17, 15) is 8.42 Å². The third-order valence-corrected chi connectivity index (χ3v) is 5.96. The van der Waals surface area contributed by atoms with Crippen molar-refractivity contribution in [2.75, 3.05) is 30.0 Å². The molecule has 1 aliphatic rings. The summed E-state index contributed by atoms with van der Waals surface area (Å²) in [6, 6.07) is 6.01. The summed E-state index contributed by atoms with van der Waals surface area (Å²) in [5.74, 6) is 0.498. The van der Waals surface area contributed by atoms with Crippen LogP contribution < -0.4 is 10.2 Å². The molecule has 0 amide bonds. The molecule has 0 bridgehead atoms. The predicted octanol–water partition coefficient (Wildman–Crippen LogP) is 2.46. The second-order valence-corrected chi connectivity index (χ2v) is 8.27. The van der Waals surface area contributed by atoms with Crippen molar-refractivity contribution in [2.24, 2.45) is 0 Å². The van der Waals surface area contributed by atoms with Gasteiger partial charge in [-0.1, -0.05) is 24.6 Å². The van der Waals surface area contributed by atoms with Crippen LogP contribution in [-0.2, 0) is 16.4 Å². The quantitative estimate of drug-likeness (QED) is 0.814. The first-order valence-corrected chi connectivity index (χ1v) is 9.55. The predicted molar refractivity (Wildman–Crippen MR) is 88.9 cm³/mol. The summed E-state index contributed by atoms with van der Waals surface area (Å²) < 4.78 is 23.2.